The van der Waals surface area contributed by atoms with Crippen molar-refractivity contribution in [2.75, 3.05) is 36.0 Å². The Labute approximate surface area is 180 Å². The smallest absolute Gasteiger partial charge is 0.262 e. The Balaban J connectivity index is 1.42. The first-order valence-electron chi connectivity index (χ1n) is 10.2. The number of hydrogen-bond acceptors (Lipinski definition) is 4. The lowest BCUT2D eigenvalue weighted by Crippen LogP contribution is -2.40. The Morgan fingerprint density at radius 2 is 1.87 bits per heavy atom. The monoisotopic (exact) mass is 419 g/mol. The van der Waals surface area contributed by atoms with E-state index in [0.717, 1.165) is 17.7 Å². The van der Waals surface area contributed by atoms with E-state index in [0.29, 0.717) is 42.6 Å². The molecule has 30 heavy (non-hydrogen) atoms. The molecule has 1 unspecified atom stereocenters. The second-order valence-electron chi connectivity index (χ2n) is 7.57. The van der Waals surface area contributed by atoms with E-state index in [1.54, 1.807) is 6.20 Å². The molecule has 5 nitrogen and oxygen atoms in total. The van der Waals surface area contributed by atoms with Crippen LogP contribution in [-0.2, 0) is 11.2 Å². The van der Waals surface area contributed by atoms with Gasteiger partial charge in [-0.05, 0) is 47.9 Å². The molecule has 6 heteroatoms. The average Bonchev–Trinajstić information content (AvgIpc) is 3.23. The topological polar surface area (TPSA) is 45.7 Å². The second kappa shape index (κ2) is 8.09. The van der Waals surface area contributed by atoms with Crippen molar-refractivity contribution in [3.63, 3.8) is 0 Å². The number of aromatic nitrogens is 1. The Morgan fingerprint density at radius 1 is 1.03 bits per heavy atom. The number of para-hydroxylation sites is 1. The molecule has 2 aliphatic rings. The Hall–Kier alpha value is -2.89. The van der Waals surface area contributed by atoms with Crippen LogP contribution in [0.2, 0.25) is 5.02 Å². The number of fused-ring (bicyclic) bond motifs is 1. The minimum Gasteiger partial charge on any atom is -0.370 e. The molecule has 1 atom stereocenters. The van der Waals surface area contributed by atoms with Crippen molar-refractivity contribution in [2.45, 2.75) is 12.5 Å². The van der Waals surface area contributed by atoms with Crippen LogP contribution < -0.4 is 9.80 Å². The third-order valence-electron chi connectivity index (χ3n) is 5.76. The van der Waals surface area contributed by atoms with Crippen molar-refractivity contribution in [1.82, 2.24) is 4.98 Å². The molecule has 2 aliphatic heterocycles. The quantitative estimate of drug-likeness (QED) is 0.626. The van der Waals surface area contributed by atoms with E-state index in [-0.39, 0.29) is 12.0 Å². The third-order valence-corrected chi connectivity index (χ3v) is 6.01. The summed E-state index contributed by atoms with van der Waals surface area (Å²) < 4.78 is 5.99. The molecule has 0 spiro atoms. The molecule has 1 saturated heterocycles. The molecule has 3 heterocycles. The predicted octanol–water partition coefficient (Wildman–Crippen LogP) is 4.52. The molecule has 3 aromatic rings. The first-order valence-corrected chi connectivity index (χ1v) is 10.6. The van der Waals surface area contributed by atoms with Gasteiger partial charge in [0.15, 0.2) is 0 Å². The highest BCUT2D eigenvalue weighted by Crippen LogP contribution is 2.32. The fourth-order valence-corrected chi connectivity index (χ4v) is 4.36. The third kappa shape index (κ3) is 3.55. The normalized spacial score (nSPS) is 18.4. The van der Waals surface area contributed by atoms with Crippen molar-refractivity contribution in [1.29, 1.82) is 0 Å². The Kier molecular flexibility index (Phi) is 5.15. The number of carbonyl (C=O) groups excluding carboxylic acids is 1. The summed E-state index contributed by atoms with van der Waals surface area (Å²) in [4.78, 5) is 22.1. The van der Waals surface area contributed by atoms with Crippen LogP contribution in [0, 0.1) is 0 Å². The lowest BCUT2D eigenvalue weighted by molar-refractivity contribution is 0.0394. The number of anilines is 2. The van der Waals surface area contributed by atoms with Gasteiger partial charge in [0.05, 0.1) is 12.2 Å². The summed E-state index contributed by atoms with van der Waals surface area (Å²) in [6.45, 7) is 2.60. The average molecular weight is 420 g/mol. The van der Waals surface area contributed by atoms with Gasteiger partial charge >= 0.3 is 0 Å². The summed E-state index contributed by atoms with van der Waals surface area (Å²) >= 11 is 6.03. The summed E-state index contributed by atoms with van der Waals surface area (Å²) in [7, 11) is 0. The SMILES string of the molecule is O=C(c1cccnc1N1CCOC(c2ccc(Cl)cc2)C1)N1CCc2ccccc21. The predicted molar refractivity (Wildman–Crippen MR) is 118 cm³/mol. The highest BCUT2D eigenvalue weighted by Gasteiger charge is 2.30. The number of rotatable bonds is 3. The largest absolute Gasteiger partial charge is 0.370 e. The van der Waals surface area contributed by atoms with Gasteiger partial charge in [-0.3, -0.25) is 4.79 Å². The highest BCUT2D eigenvalue weighted by molar-refractivity contribution is 6.30. The summed E-state index contributed by atoms with van der Waals surface area (Å²) in [5.74, 6) is 0.715. The summed E-state index contributed by atoms with van der Waals surface area (Å²) in [6.07, 6.45) is 2.54. The minimum atomic E-state index is -0.0894. The maximum absolute atomic E-state index is 13.5. The zero-order valence-electron chi connectivity index (χ0n) is 16.5. The number of benzene rings is 2. The van der Waals surface area contributed by atoms with Gasteiger partial charge in [-0.15, -0.1) is 0 Å². The van der Waals surface area contributed by atoms with Crippen LogP contribution >= 0.6 is 11.6 Å². The van der Waals surface area contributed by atoms with Crippen molar-refractivity contribution in [3.8, 4) is 0 Å². The van der Waals surface area contributed by atoms with Crippen molar-refractivity contribution in [2.24, 2.45) is 0 Å². The number of hydrogen-bond donors (Lipinski definition) is 0. The van der Waals surface area contributed by atoms with Gasteiger partial charge < -0.3 is 14.5 Å². The van der Waals surface area contributed by atoms with E-state index in [4.69, 9.17) is 16.3 Å². The first kappa shape index (κ1) is 19.1. The molecule has 0 N–H and O–H groups in total. The minimum absolute atomic E-state index is 0.00224. The van der Waals surface area contributed by atoms with Crippen molar-refractivity contribution >= 4 is 29.0 Å². The number of amides is 1. The number of pyridine rings is 1. The number of carbonyl (C=O) groups is 1. The Morgan fingerprint density at radius 3 is 2.73 bits per heavy atom. The van der Waals surface area contributed by atoms with Gasteiger partial charge in [0.25, 0.3) is 5.91 Å². The Bertz CT molecular complexity index is 1070. The molecule has 0 radical (unpaired) electrons. The van der Waals surface area contributed by atoms with Gasteiger partial charge in [-0.25, -0.2) is 4.98 Å². The molecular weight excluding hydrogens is 398 g/mol. The van der Waals surface area contributed by atoms with E-state index in [1.807, 2.05) is 59.5 Å². The van der Waals surface area contributed by atoms with Gasteiger partial charge in [-0.1, -0.05) is 41.9 Å². The van der Waals surface area contributed by atoms with Gasteiger partial charge in [0.1, 0.15) is 11.9 Å². The van der Waals surface area contributed by atoms with E-state index in [9.17, 15) is 4.79 Å². The fourth-order valence-electron chi connectivity index (χ4n) is 4.23. The molecule has 1 amide bonds. The zero-order valence-corrected chi connectivity index (χ0v) is 17.3. The van der Waals surface area contributed by atoms with Gasteiger partial charge in [0.2, 0.25) is 0 Å². The first-order chi connectivity index (χ1) is 14.7. The highest BCUT2D eigenvalue weighted by atomic mass is 35.5. The van der Waals surface area contributed by atoms with E-state index >= 15 is 0 Å². The molecular formula is C24H22ClN3O2. The van der Waals surface area contributed by atoms with Crippen LogP contribution in [0.25, 0.3) is 0 Å². The van der Waals surface area contributed by atoms with Crippen molar-refractivity contribution < 1.29 is 9.53 Å². The molecule has 2 aromatic carbocycles. The maximum Gasteiger partial charge on any atom is 0.262 e. The molecule has 1 aromatic heterocycles. The molecule has 5 rings (SSSR count). The van der Waals surface area contributed by atoms with Crippen LogP contribution in [0.15, 0.2) is 66.9 Å². The molecule has 0 aliphatic carbocycles. The van der Waals surface area contributed by atoms with E-state index < -0.39 is 0 Å². The van der Waals surface area contributed by atoms with Gasteiger partial charge in [0, 0.05) is 36.5 Å². The molecule has 0 bridgehead atoms. The van der Waals surface area contributed by atoms with Crippen LogP contribution in [-0.4, -0.2) is 37.1 Å². The van der Waals surface area contributed by atoms with Crippen molar-refractivity contribution in [3.05, 3.63) is 88.6 Å². The lowest BCUT2D eigenvalue weighted by Gasteiger charge is -2.35. The van der Waals surface area contributed by atoms with Crippen LogP contribution in [0.4, 0.5) is 11.5 Å². The summed E-state index contributed by atoms with van der Waals surface area (Å²) in [6, 6.07) is 19.5. The molecule has 0 saturated carbocycles. The number of halogens is 1. The summed E-state index contributed by atoms with van der Waals surface area (Å²) in [5, 5.41) is 0.704. The maximum atomic E-state index is 13.5. The van der Waals surface area contributed by atoms with Crippen LogP contribution in [0.1, 0.15) is 27.6 Å². The fraction of sp³-hybridized carbons (Fsp3) is 0.250. The number of nitrogens with zero attached hydrogens (tertiary/aromatic N) is 3. The van der Waals surface area contributed by atoms with E-state index in [1.165, 1.54) is 5.56 Å². The zero-order chi connectivity index (χ0) is 20.5. The second-order valence-corrected chi connectivity index (χ2v) is 8.00. The summed E-state index contributed by atoms with van der Waals surface area (Å²) in [5.41, 5.74) is 3.91. The number of ether oxygens (including phenoxy) is 1. The number of morpholine rings is 1. The lowest BCUT2D eigenvalue weighted by atomic mass is 10.1. The molecule has 152 valence electrons. The van der Waals surface area contributed by atoms with Gasteiger partial charge in [-0.2, -0.15) is 0 Å². The van der Waals surface area contributed by atoms with Crippen LogP contribution in [0.3, 0.4) is 0 Å². The van der Waals surface area contributed by atoms with E-state index in [2.05, 4.69) is 16.0 Å². The standard InChI is InChI=1S/C24H22ClN3O2/c25-19-9-7-18(8-10-19)22-16-27(14-15-30-22)23-20(5-3-12-26-23)24(29)28-13-11-17-4-1-2-6-21(17)28/h1-10,12,22H,11,13-16H2. The van der Waals surface area contributed by atoms with Crippen LogP contribution in [0.5, 0.6) is 0 Å². The molecule has 1 fully saturated rings.